The van der Waals surface area contributed by atoms with Crippen LogP contribution < -0.4 is 10.6 Å². The van der Waals surface area contributed by atoms with E-state index in [0.29, 0.717) is 12.6 Å². The van der Waals surface area contributed by atoms with Gasteiger partial charge in [0.2, 0.25) is 0 Å². The van der Waals surface area contributed by atoms with Crippen molar-refractivity contribution in [3.8, 4) is 0 Å². The molecule has 116 valence electrons. The van der Waals surface area contributed by atoms with Crippen molar-refractivity contribution >= 4 is 11.4 Å². The van der Waals surface area contributed by atoms with Gasteiger partial charge in [-0.15, -0.1) is 0 Å². The quantitative estimate of drug-likeness (QED) is 0.494. The molecular weight excluding hydrogens is 270 g/mol. The molecule has 21 heavy (non-hydrogen) atoms. The molecule has 6 heteroatoms. The number of hydrogen-bond acceptors (Lipinski definition) is 5. The molecule has 1 saturated heterocycles. The van der Waals surface area contributed by atoms with E-state index >= 15 is 0 Å². The molecule has 2 N–H and O–H groups in total. The maximum Gasteiger partial charge on any atom is 0.269 e. The van der Waals surface area contributed by atoms with E-state index in [-0.39, 0.29) is 10.6 Å². The lowest BCUT2D eigenvalue weighted by atomic mass is 10.0. The van der Waals surface area contributed by atoms with Crippen molar-refractivity contribution in [3.63, 3.8) is 0 Å². The summed E-state index contributed by atoms with van der Waals surface area (Å²) in [6, 6.07) is 5.06. The van der Waals surface area contributed by atoms with E-state index in [1.54, 1.807) is 12.1 Å². The molecule has 1 heterocycles. The number of rotatable bonds is 6. The highest BCUT2D eigenvalue weighted by Gasteiger charge is 2.21. The van der Waals surface area contributed by atoms with Gasteiger partial charge >= 0.3 is 0 Å². The number of benzene rings is 1. The Morgan fingerprint density at radius 2 is 2.14 bits per heavy atom. The molecule has 1 aromatic carbocycles. The lowest BCUT2D eigenvalue weighted by Gasteiger charge is -2.34. The molecule has 0 spiro atoms. The first kappa shape index (κ1) is 15.7. The highest BCUT2D eigenvalue weighted by molar-refractivity contribution is 5.57. The number of piperidine rings is 1. The van der Waals surface area contributed by atoms with Gasteiger partial charge in [-0.25, -0.2) is 0 Å². The van der Waals surface area contributed by atoms with Gasteiger partial charge in [0, 0.05) is 37.5 Å². The number of nitrogens with zero attached hydrogens (tertiary/aromatic N) is 2. The van der Waals surface area contributed by atoms with Gasteiger partial charge in [-0.1, -0.05) is 0 Å². The van der Waals surface area contributed by atoms with Gasteiger partial charge in [0.1, 0.15) is 0 Å². The van der Waals surface area contributed by atoms with Crippen LogP contribution in [0.1, 0.15) is 24.8 Å². The van der Waals surface area contributed by atoms with E-state index in [0.717, 1.165) is 50.2 Å². The van der Waals surface area contributed by atoms with Gasteiger partial charge in [-0.3, -0.25) is 10.1 Å². The van der Waals surface area contributed by atoms with Crippen molar-refractivity contribution < 1.29 is 9.66 Å². The van der Waals surface area contributed by atoms with Crippen LogP contribution in [0.25, 0.3) is 0 Å². The average Bonchev–Trinajstić information content (AvgIpc) is 2.48. The Balaban J connectivity index is 1.91. The van der Waals surface area contributed by atoms with Crippen molar-refractivity contribution in [3.05, 3.63) is 33.9 Å². The van der Waals surface area contributed by atoms with Crippen LogP contribution >= 0.6 is 0 Å². The highest BCUT2D eigenvalue weighted by atomic mass is 16.6. The summed E-state index contributed by atoms with van der Waals surface area (Å²) in [6.45, 7) is 5.17. The van der Waals surface area contributed by atoms with E-state index in [1.165, 1.54) is 0 Å². The molecule has 0 aliphatic carbocycles. The fourth-order valence-electron chi connectivity index (χ4n) is 2.70. The molecule has 1 fully saturated rings. The summed E-state index contributed by atoms with van der Waals surface area (Å²) in [5, 5.41) is 10.8. The number of hydrogen-bond donors (Lipinski definition) is 1. The minimum Gasteiger partial charge on any atom is -0.378 e. The second kappa shape index (κ2) is 7.38. The van der Waals surface area contributed by atoms with E-state index in [9.17, 15) is 10.1 Å². The zero-order valence-corrected chi connectivity index (χ0v) is 12.5. The first-order valence-corrected chi connectivity index (χ1v) is 7.43. The molecule has 6 nitrogen and oxygen atoms in total. The molecule has 1 aliphatic heterocycles. The Kier molecular flexibility index (Phi) is 5.52. The van der Waals surface area contributed by atoms with Crippen LogP contribution in [0.5, 0.6) is 0 Å². The minimum atomic E-state index is -0.353. The van der Waals surface area contributed by atoms with Crippen LogP contribution in [0.2, 0.25) is 0 Å². The van der Waals surface area contributed by atoms with Crippen LogP contribution in [0.3, 0.4) is 0 Å². The maximum absolute atomic E-state index is 10.8. The molecule has 0 radical (unpaired) electrons. The molecular formula is C15H23N3O3. The number of ether oxygens (including phenoxy) is 1. The average molecular weight is 293 g/mol. The summed E-state index contributed by atoms with van der Waals surface area (Å²) in [4.78, 5) is 12.7. The third kappa shape index (κ3) is 4.15. The molecule has 0 atom stereocenters. The molecule has 1 aromatic rings. The summed E-state index contributed by atoms with van der Waals surface area (Å²) in [5.41, 5.74) is 7.64. The van der Waals surface area contributed by atoms with Gasteiger partial charge < -0.3 is 15.4 Å². The van der Waals surface area contributed by atoms with Gasteiger partial charge in [0.05, 0.1) is 11.0 Å². The van der Waals surface area contributed by atoms with Crippen LogP contribution in [-0.2, 0) is 4.74 Å². The van der Waals surface area contributed by atoms with Crippen LogP contribution in [0.15, 0.2) is 18.2 Å². The lowest BCUT2D eigenvalue weighted by molar-refractivity contribution is -0.384. The Hall–Kier alpha value is -1.66. The summed E-state index contributed by atoms with van der Waals surface area (Å²) >= 11 is 0. The zero-order chi connectivity index (χ0) is 15.2. The molecule has 0 bridgehead atoms. The maximum atomic E-state index is 10.8. The largest absolute Gasteiger partial charge is 0.378 e. The molecule has 0 amide bonds. The highest BCUT2D eigenvalue weighted by Crippen LogP contribution is 2.27. The number of nitro benzene ring substituents is 1. The van der Waals surface area contributed by atoms with E-state index < -0.39 is 0 Å². The summed E-state index contributed by atoms with van der Waals surface area (Å²) in [6.07, 6.45) is 3.19. The molecule has 2 rings (SSSR count). The normalized spacial score (nSPS) is 16.2. The fourth-order valence-corrected chi connectivity index (χ4v) is 2.70. The second-order valence-corrected chi connectivity index (χ2v) is 5.43. The zero-order valence-electron chi connectivity index (χ0n) is 12.5. The number of non-ortho nitro benzene ring substituents is 1. The monoisotopic (exact) mass is 293 g/mol. The Labute approximate surface area is 125 Å². The number of aryl methyl sites for hydroxylation is 1. The van der Waals surface area contributed by atoms with Crippen LogP contribution in [-0.4, -0.2) is 37.3 Å². The standard InChI is InChI=1S/C15H23N3O3/c1-12-11-13(18(19)20)3-4-15(12)17-8-5-14(6-9-17)21-10-2-7-16/h3-4,11,14H,2,5-10,16H2,1H3. The Morgan fingerprint density at radius 3 is 2.71 bits per heavy atom. The van der Waals surface area contributed by atoms with Gasteiger partial charge in [-0.2, -0.15) is 0 Å². The van der Waals surface area contributed by atoms with Gasteiger partial charge in [0.15, 0.2) is 0 Å². The summed E-state index contributed by atoms with van der Waals surface area (Å²) < 4.78 is 5.79. The third-order valence-electron chi connectivity index (χ3n) is 3.88. The third-order valence-corrected chi connectivity index (χ3v) is 3.88. The van der Waals surface area contributed by atoms with Crippen molar-refractivity contribution in [1.82, 2.24) is 0 Å². The number of nitrogens with two attached hydrogens (primary N) is 1. The SMILES string of the molecule is Cc1cc([N+](=O)[O-])ccc1N1CCC(OCCCN)CC1. The number of nitro groups is 1. The second-order valence-electron chi connectivity index (χ2n) is 5.43. The Morgan fingerprint density at radius 1 is 1.43 bits per heavy atom. The predicted molar refractivity (Wildman–Crippen MR) is 82.7 cm³/mol. The predicted octanol–water partition coefficient (Wildman–Crippen LogP) is 2.24. The smallest absolute Gasteiger partial charge is 0.269 e. The molecule has 0 saturated carbocycles. The molecule has 0 unspecified atom stereocenters. The number of anilines is 1. The lowest BCUT2D eigenvalue weighted by Crippen LogP contribution is -2.37. The van der Waals surface area contributed by atoms with Crippen molar-refractivity contribution in [2.45, 2.75) is 32.3 Å². The van der Waals surface area contributed by atoms with Crippen LogP contribution in [0.4, 0.5) is 11.4 Å². The van der Waals surface area contributed by atoms with Gasteiger partial charge in [-0.05, 0) is 44.4 Å². The van der Waals surface area contributed by atoms with E-state index in [1.807, 2.05) is 13.0 Å². The topological polar surface area (TPSA) is 81.6 Å². The van der Waals surface area contributed by atoms with Crippen molar-refractivity contribution in [2.75, 3.05) is 31.1 Å². The van der Waals surface area contributed by atoms with Crippen molar-refractivity contribution in [2.24, 2.45) is 5.73 Å². The molecule has 0 aromatic heterocycles. The Bertz CT molecular complexity index is 485. The van der Waals surface area contributed by atoms with E-state index in [4.69, 9.17) is 10.5 Å². The first-order valence-electron chi connectivity index (χ1n) is 7.43. The summed E-state index contributed by atoms with van der Waals surface area (Å²) in [5.74, 6) is 0. The van der Waals surface area contributed by atoms with Crippen molar-refractivity contribution in [1.29, 1.82) is 0 Å². The summed E-state index contributed by atoms with van der Waals surface area (Å²) in [7, 11) is 0. The van der Waals surface area contributed by atoms with E-state index in [2.05, 4.69) is 4.90 Å². The first-order chi connectivity index (χ1) is 10.1. The fraction of sp³-hybridized carbons (Fsp3) is 0.600. The van der Waals surface area contributed by atoms with Gasteiger partial charge in [0.25, 0.3) is 5.69 Å². The van der Waals surface area contributed by atoms with Crippen LogP contribution in [0, 0.1) is 17.0 Å². The minimum absolute atomic E-state index is 0.149. The molecule has 1 aliphatic rings.